The molecule has 2 heterocycles. The van der Waals surface area contributed by atoms with E-state index in [-0.39, 0.29) is 5.69 Å². The number of anilines is 1. The van der Waals surface area contributed by atoms with E-state index in [9.17, 15) is 10.1 Å². The van der Waals surface area contributed by atoms with Crippen LogP contribution in [-0.4, -0.2) is 28.7 Å². The van der Waals surface area contributed by atoms with E-state index in [1.165, 1.54) is 6.07 Å². The third-order valence-corrected chi connectivity index (χ3v) is 4.37. The van der Waals surface area contributed by atoms with Crippen molar-refractivity contribution in [1.82, 2.24) is 4.98 Å². The van der Waals surface area contributed by atoms with E-state index in [1.807, 2.05) is 0 Å². The lowest BCUT2D eigenvalue weighted by Crippen LogP contribution is -2.38. The first-order valence-corrected chi connectivity index (χ1v) is 7.15. The summed E-state index contributed by atoms with van der Waals surface area (Å²) in [5.41, 5.74) is 0.524. The van der Waals surface area contributed by atoms with Crippen molar-refractivity contribution in [1.29, 1.82) is 0 Å². The van der Waals surface area contributed by atoms with Crippen molar-refractivity contribution in [2.75, 3.05) is 11.9 Å². The van der Waals surface area contributed by atoms with Gasteiger partial charge in [0.2, 0.25) is 0 Å². The first kappa shape index (κ1) is 13.3. The molecule has 1 aliphatic carbocycles. The summed E-state index contributed by atoms with van der Waals surface area (Å²) < 4.78 is 5.75. The normalized spacial score (nSPS) is 28.9. The second-order valence-electron chi connectivity index (χ2n) is 5.60. The van der Waals surface area contributed by atoms with Crippen LogP contribution in [0.25, 0.3) is 0 Å². The fourth-order valence-corrected chi connectivity index (χ4v) is 3.37. The van der Waals surface area contributed by atoms with Gasteiger partial charge in [0.15, 0.2) is 0 Å². The molecule has 0 radical (unpaired) electrons. The molecule has 1 aromatic heterocycles. The molecule has 1 N–H and O–H groups in total. The van der Waals surface area contributed by atoms with Crippen LogP contribution in [0.3, 0.4) is 0 Å². The van der Waals surface area contributed by atoms with Gasteiger partial charge in [0.05, 0.1) is 11.0 Å². The molecule has 1 aromatic rings. The number of nitro groups is 1. The molecule has 2 fully saturated rings. The van der Waals surface area contributed by atoms with E-state index in [0.717, 1.165) is 38.1 Å². The van der Waals surface area contributed by atoms with Crippen LogP contribution in [0.15, 0.2) is 12.1 Å². The number of nitrogens with one attached hydrogen (secondary N) is 1. The number of hydrogen-bond acceptors (Lipinski definition) is 5. The number of fused-ring (bicyclic) bond motifs is 1. The number of aromatic nitrogens is 1. The van der Waals surface area contributed by atoms with Gasteiger partial charge in [-0.2, -0.15) is 0 Å². The summed E-state index contributed by atoms with van der Waals surface area (Å²) in [6, 6.07) is 3.59. The second kappa shape index (κ2) is 5.36. The third-order valence-electron chi connectivity index (χ3n) is 4.37. The molecule has 0 aromatic carbocycles. The van der Waals surface area contributed by atoms with E-state index in [1.54, 1.807) is 13.0 Å². The van der Waals surface area contributed by atoms with Gasteiger partial charge in [-0.05, 0) is 38.7 Å². The summed E-state index contributed by atoms with van der Waals surface area (Å²) in [4.78, 5) is 14.7. The predicted molar refractivity (Wildman–Crippen MR) is 74.7 cm³/mol. The van der Waals surface area contributed by atoms with Crippen LogP contribution in [0, 0.1) is 23.0 Å². The molecule has 6 heteroatoms. The standard InChI is InChI=1S/C14H19N3O3/c1-9-12(17(18)19)5-6-14(15-9)16-11-3-2-4-13-10(11)7-8-20-13/h5-6,10-11,13H,2-4,7-8H2,1H3,(H,15,16). The Morgan fingerprint density at radius 2 is 2.25 bits per heavy atom. The van der Waals surface area contributed by atoms with Gasteiger partial charge in [-0.25, -0.2) is 4.98 Å². The molecule has 2 aliphatic rings. The lowest BCUT2D eigenvalue weighted by Gasteiger charge is -2.33. The van der Waals surface area contributed by atoms with Gasteiger partial charge in [-0.15, -0.1) is 0 Å². The number of hydrogen-bond donors (Lipinski definition) is 1. The van der Waals surface area contributed by atoms with Gasteiger partial charge >= 0.3 is 0 Å². The van der Waals surface area contributed by atoms with Gasteiger partial charge in [-0.3, -0.25) is 10.1 Å². The van der Waals surface area contributed by atoms with Crippen LogP contribution in [-0.2, 0) is 4.74 Å². The highest BCUT2D eigenvalue weighted by atomic mass is 16.6. The van der Waals surface area contributed by atoms with E-state index < -0.39 is 4.92 Å². The first-order chi connectivity index (χ1) is 9.65. The number of pyridine rings is 1. The molecular weight excluding hydrogens is 258 g/mol. The minimum atomic E-state index is -0.395. The summed E-state index contributed by atoms with van der Waals surface area (Å²) in [6.07, 6.45) is 4.89. The van der Waals surface area contributed by atoms with Crippen molar-refractivity contribution >= 4 is 11.5 Å². The topological polar surface area (TPSA) is 77.3 Å². The second-order valence-corrected chi connectivity index (χ2v) is 5.60. The number of nitrogens with zero attached hydrogens (tertiary/aromatic N) is 2. The minimum Gasteiger partial charge on any atom is -0.378 e. The Morgan fingerprint density at radius 1 is 1.40 bits per heavy atom. The summed E-state index contributed by atoms with van der Waals surface area (Å²) in [7, 11) is 0. The summed E-state index contributed by atoms with van der Waals surface area (Å²) in [5.74, 6) is 1.27. The van der Waals surface area contributed by atoms with Crippen LogP contribution in [0.2, 0.25) is 0 Å². The van der Waals surface area contributed by atoms with Crippen LogP contribution in [0.4, 0.5) is 11.5 Å². The van der Waals surface area contributed by atoms with E-state index in [0.29, 0.717) is 23.8 Å². The quantitative estimate of drug-likeness (QED) is 0.679. The zero-order valence-corrected chi connectivity index (χ0v) is 11.5. The molecule has 1 aliphatic heterocycles. The third kappa shape index (κ3) is 2.47. The molecule has 0 spiro atoms. The number of rotatable bonds is 3. The maximum Gasteiger partial charge on any atom is 0.290 e. The zero-order chi connectivity index (χ0) is 14.1. The van der Waals surface area contributed by atoms with Crippen molar-refractivity contribution in [3.8, 4) is 0 Å². The fraction of sp³-hybridized carbons (Fsp3) is 0.643. The predicted octanol–water partition coefficient (Wildman–Crippen LogP) is 2.67. The average Bonchev–Trinajstić information content (AvgIpc) is 2.87. The largest absolute Gasteiger partial charge is 0.378 e. The Labute approximate surface area is 117 Å². The van der Waals surface area contributed by atoms with Gasteiger partial charge < -0.3 is 10.1 Å². The molecule has 3 unspecified atom stereocenters. The molecule has 20 heavy (non-hydrogen) atoms. The smallest absolute Gasteiger partial charge is 0.290 e. The summed E-state index contributed by atoms with van der Waals surface area (Å²) in [6.45, 7) is 2.52. The summed E-state index contributed by atoms with van der Waals surface area (Å²) >= 11 is 0. The Bertz CT molecular complexity index is 520. The molecule has 3 rings (SSSR count). The first-order valence-electron chi connectivity index (χ1n) is 7.15. The van der Waals surface area contributed by atoms with Crippen molar-refractivity contribution in [2.45, 2.75) is 44.8 Å². The Kier molecular flexibility index (Phi) is 3.56. The molecule has 0 amide bonds. The Hall–Kier alpha value is -1.69. The van der Waals surface area contributed by atoms with Crippen molar-refractivity contribution < 1.29 is 9.66 Å². The average molecular weight is 277 g/mol. The monoisotopic (exact) mass is 277 g/mol. The molecule has 6 nitrogen and oxygen atoms in total. The van der Waals surface area contributed by atoms with Crippen LogP contribution >= 0.6 is 0 Å². The summed E-state index contributed by atoms with van der Waals surface area (Å²) in [5, 5.41) is 14.2. The van der Waals surface area contributed by atoms with Crippen molar-refractivity contribution in [2.24, 2.45) is 5.92 Å². The number of ether oxygens (including phenoxy) is 1. The van der Waals surface area contributed by atoms with Crippen molar-refractivity contribution in [3.63, 3.8) is 0 Å². The highest BCUT2D eigenvalue weighted by Gasteiger charge is 2.37. The Morgan fingerprint density at radius 3 is 3.00 bits per heavy atom. The van der Waals surface area contributed by atoms with Crippen molar-refractivity contribution in [3.05, 3.63) is 27.9 Å². The van der Waals surface area contributed by atoms with Gasteiger partial charge in [-0.1, -0.05) is 0 Å². The maximum atomic E-state index is 10.8. The number of aryl methyl sites for hydroxylation is 1. The van der Waals surface area contributed by atoms with Gasteiger partial charge in [0.25, 0.3) is 5.69 Å². The van der Waals surface area contributed by atoms with Crippen LogP contribution in [0.1, 0.15) is 31.4 Å². The van der Waals surface area contributed by atoms with Gasteiger partial charge in [0, 0.05) is 24.6 Å². The fourth-order valence-electron chi connectivity index (χ4n) is 3.37. The SMILES string of the molecule is Cc1nc(NC2CCCC3OCCC23)ccc1[N+](=O)[O-]. The van der Waals surface area contributed by atoms with E-state index in [2.05, 4.69) is 10.3 Å². The highest BCUT2D eigenvalue weighted by Crippen LogP contribution is 2.35. The van der Waals surface area contributed by atoms with E-state index in [4.69, 9.17) is 4.74 Å². The van der Waals surface area contributed by atoms with Crippen LogP contribution in [0.5, 0.6) is 0 Å². The Balaban J connectivity index is 1.74. The molecule has 108 valence electrons. The molecule has 3 atom stereocenters. The van der Waals surface area contributed by atoms with E-state index >= 15 is 0 Å². The van der Waals surface area contributed by atoms with Crippen LogP contribution < -0.4 is 5.32 Å². The zero-order valence-electron chi connectivity index (χ0n) is 11.5. The minimum absolute atomic E-state index is 0.0706. The molecular formula is C14H19N3O3. The lowest BCUT2D eigenvalue weighted by atomic mass is 9.82. The lowest BCUT2D eigenvalue weighted by molar-refractivity contribution is -0.385. The highest BCUT2D eigenvalue weighted by molar-refractivity contribution is 5.45. The molecule has 0 bridgehead atoms. The molecule has 1 saturated heterocycles. The maximum absolute atomic E-state index is 10.8. The van der Waals surface area contributed by atoms with Gasteiger partial charge in [0.1, 0.15) is 11.5 Å². The molecule has 1 saturated carbocycles.